The van der Waals surface area contributed by atoms with Crippen LogP contribution in [0.25, 0.3) is 11.3 Å². The van der Waals surface area contributed by atoms with Crippen LogP contribution in [-0.4, -0.2) is 40.3 Å². The van der Waals surface area contributed by atoms with Crippen molar-refractivity contribution >= 4 is 11.7 Å². The molecule has 0 saturated carbocycles. The number of anilines is 1. The van der Waals surface area contributed by atoms with Gasteiger partial charge in [0, 0.05) is 37.8 Å². The van der Waals surface area contributed by atoms with Gasteiger partial charge in [-0.05, 0) is 30.2 Å². The molecule has 1 atom stereocenters. The molecule has 0 spiro atoms. The second-order valence-electron chi connectivity index (χ2n) is 7.66. The van der Waals surface area contributed by atoms with Gasteiger partial charge in [0.2, 0.25) is 4.91 Å². The van der Waals surface area contributed by atoms with Gasteiger partial charge in [-0.15, -0.1) is 0 Å². The summed E-state index contributed by atoms with van der Waals surface area (Å²) in [4.78, 5) is 20.1. The predicted octanol–water partition coefficient (Wildman–Crippen LogP) is 3.33. The summed E-state index contributed by atoms with van der Waals surface area (Å²) < 4.78 is 29.9. The molecular formula is C22H25F2N8O+. The number of nitrogens with one attached hydrogen (secondary N) is 3. The molecule has 1 amide bonds. The van der Waals surface area contributed by atoms with E-state index in [0.29, 0.717) is 18.5 Å². The highest BCUT2D eigenvalue weighted by atomic mass is 19.1. The van der Waals surface area contributed by atoms with Crippen molar-refractivity contribution in [2.24, 2.45) is 18.1 Å². The van der Waals surface area contributed by atoms with E-state index in [1.807, 2.05) is 6.92 Å². The average molecular weight is 455 g/mol. The molecule has 1 aromatic carbocycles. The molecule has 3 aromatic rings. The molecule has 0 unspecified atom stereocenters. The number of aromatic nitrogens is 3. The van der Waals surface area contributed by atoms with Crippen LogP contribution in [0.1, 0.15) is 22.8 Å². The van der Waals surface area contributed by atoms with Gasteiger partial charge >= 0.3 is 0 Å². The van der Waals surface area contributed by atoms with Crippen LogP contribution in [0.4, 0.5) is 14.6 Å². The molecule has 3 rings (SSSR count). The van der Waals surface area contributed by atoms with Crippen molar-refractivity contribution in [1.82, 2.24) is 25.0 Å². The van der Waals surface area contributed by atoms with Crippen molar-refractivity contribution < 1.29 is 13.6 Å². The number of rotatable bonds is 10. The molecule has 0 radical (unpaired) electrons. The number of benzene rings is 1. The lowest BCUT2D eigenvalue weighted by Crippen LogP contribution is -2.30. The summed E-state index contributed by atoms with van der Waals surface area (Å²) in [6, 6.07) is 7.37. The highest BCUT2D eigenvalue weighted by Crippen LogP contribution is 2.25. The third kappa shape index (κ3) is 6.50. The van der Waals surface area contributed by atoms with Gasteiger partial charge in [-0.25, -0.2) is 13.8 Å². The molecule has 0 aliphatic rings. The molecule has 9 nitrogen and oxygen atoms in total. The van der Waals surface area contributed by atoms with Crippen LogP contribution in [-0.2, 0) is 13.5 Å². The van der Waals surface area contributed by atoms with Crippen LogP contribution < -0.4 is 15.5 Å². The highest BCUT2D eigenvalue weighted by Gasteiger charge is 2.20. The smallest absolute Gasteiger partial charge is 0.255 e. The fourth-order valence-electron chi connectivity index (χ4n) is 3.17. The second kappa shape index (κ2) is 11.1. The zero-order valence-corrected chi connectivity index (χ0v) is 18.3. The maximum atomic E-state index is 14.9. The molecular weight excluding hydrogens is 430 g/mol. The van der Waals surface area contributed by atoms with E-state index >= 15 is 0 Å². The highest BCUT2D eigenvalue weighted by molar-refractivity contribution is 5.99. The summed E-state index contributed by atoms with van der Waals surface area (Å²) in [5.41, 5.74) is 8.09. The predicted molar refractivity (Wildman–Crippen MR) is 119 cm³/mol. The zero-order valence-electron chi connectivity index (χ0n) is 18.3. The van der Waals surface area contributed by atoms with Gasteiger partial charge in [-0.3, -0.25) is 9.48 Å². The van der Waals surface area contributed by atoms with Crippen LogP contribution >= 0.6 is 0 Å². The molecule has 33 heavy (non-hydrogen) atoms. The Labute approximate surface area is 189 Å². The van der Waals surface area contributed by atoms with Gasteiger partial charge < -0.3 is 10.6 Å². The maximum absolute atomic E-state index is 14.9. The van der Waals surface area contributed by atoms with E-state index in [2.05, 4.69) is 30.7 Å². The minimum Gasteiger partial charge on any atom is -0.369 e. The van der Waals surface area contributed by atoms with Crippen molar-refractivity contribution in [3.05, 3.63) is 65.5 Å². The molecule has 2 aromatic heterocycles. The van der Waals surface area contributed by atoms with Crippen molar-refractivity contribution in [1.29, 1.82) is 5.53 Å². The largest absolute Gasteiger partial charge is 0.369 e. The summed E-state index contributed by atoms with van der Waals surface area (Å²) >= 11 is 0. The van der Waals surface area contributed by atoms with Crippen LogP contribution in [0.3, 0.4) is 0 Å². The first kappa shape index (κ1) is 23.7. The average Bonchev–Trinajstić information content (AvgIpc) is 3.22. The quantitative estimate of drug-likeness (QED) is 0.321. The van der Waals surface area contributed by atoms with Crippen LogP contribution in [0, 0.1) is 23.1 Å². The fraction of sp³-hybridized carbons (Fsp3) is 0.318. The van der Waals surface area contributed by atoms with Gasteiger partial charge in [0.25, 0.3) is 5.91 Å². The minimum absolute atomic E-state index is 0.0497. The Bertz CT molecular complexity index is 1170. The Balaban J connectivity index is 1.82. The van der Waals surface area contributed by atoms with Crippen molar-refractivity contribution in [3.63, 3.8) is 0 Å². The summed E-state index contributed by atoms with van der Waals surface area (Å²) in [5, 5.41) is 13.5. The Kier molecular flexibility index (Phi) is 7.93. The standard InChI is InChI=1S/C22H24F2N8O/c1-14(11-28-31-25)10-27-22(33)18-9-19(24)20(16-12-29-32(2)13-16)30-21(18)26-7-6-15-4-3-5-17(23)8-15/h3-5,8-9,12-14,25H,6-7,10-11H2,1-2H3,(H-,26,27,30,33)/p+1/t14-/m1/s1. The number of hydrogen-bond acceptors (Lipinski definition) is 6. The van der Waals surface area contributed by atoms with Gasteiger partial charge in [0.05, 0.1) is 11.8 Å². The third-order valence-electron chi connectivity index (χ3n) is 4.87. The monoisotopic (exact) mass is 455 g/mol. The van der Waals surface area contributed by atoms with E-state index < -0.39 is 11.7 Å². The van der Waals surface area contributed by atoms with Gasteiger partial charge in [0.15, 0.2) is 5.82 Å². The fourth-order valence-corrected chi connectivity index (χ4v) is 3.17. The normalized spacial score (nSPS) is 11.5. The molecule has 0 bridgehead atoms. The lowest BCUT2D eigenvalue weighted by Gasteiger charge is -2.14. The van der Waals surface area contributed by atoms with Crippen molar-refractivity contribution in [3.8, 4) is 11.3 Å². The first-order valence-corrected chi connectivity index (χ1v) is 10.4. The van der Waals surface area contributed by atoms with Gasteiger partial charge in [-0.1, -0.05) is 19.1 Å². The Morgan fingerprint density at radius 3 is 2.85 bits per heavy atom. The number of nitrogens with zero attached hydrogens (tertiary/aromatic N) is 5. The molecule has 3 N–H and O–H groups in total. The van der Waals surface area contributed by atoms with Crippen LogP contribution in [0.15, 0.2) is 47.8 Å². The summed E-state index contributed by atoms with van der Waals surface area (Å²) in [6.45, 7) is 2.76. The molecule has 172 valence electrons. The molecule has 0 aliphatic carbocycles. The number of hydrogen-bond donors (Lipinski definition) is 3. The van der Waals surface area contributed by atoms with Crippen molar-refractivity contribution in [2.45, 2.75) is 13.3 Å². The SMILES string of the molecule is C[C@@H](CN=[N+]=N)CNC(=O)c1cc(F)c(-c2cnn(C)c2)nc1NCCc1cccc(F)c1. The van der Waals surface area contributed by atoms with E-state index in [1.54, 1.807) is 25.4 Å². The van der Waals surface area contributed by atoms with Gasteiger partial charge in [-0.2, -0.15) is 5.10 Å². The molecule has 11 heteroatoms. The van der Waals surface area contributed by atoms with E-state index in [0.717, 1.165) is 11.6 Å². The van der Waals surface area contributed by atoms with Crippen LogP contribution in [0.5, 0.6) is 0 Å². The zero-order chi connectivity index (χ0) is 23.8. The molecule has 0 saturated heterocycles. The number of halogens is 2. The van der Waals surface area contributed by atoms with E-state index in [1.165, 1.54) is 23.0 Å². The number of amides is 1. The molecule has 2 heterocycles. The Hall–Kier alpha value is -3.98. The second-order valence-corrected chi connectivity index (χ2v) is 7.66. The Morgan fingerprint density at radius 1 is 1.33 bits per heavy atom. The third-order valence-corrected chi connectivity index (χ3v) is 4.87. The number of carbonyl (C=O) groups is 1. The number of pyridine rings is 1. The maximum Gasteiger partial charge on any atom is 0.255 e. The van der Waals surface area contributed by atoms with Crippen LogP contribution in [0.2, 0.25) is 0 Å². The topological polar surface area (TPSA) is 122 Å². The Morgan fingerprint density at radius 2 is 2.15 bits per heavy atom. The van der Waals surface area contributed by atoms with E-state index in [-0.39, 0.29) is 41.9 Å². The first-order valence-electron chi connectivity index (χ1n) is 10.4. The lowest BCUT2D eigenvalue weighted by molar-refractivity contribution is 0.0948. The van der Waals surface area contributed by atoms with Crippen molar-refractivity contribution in [2.75, 3.05) is 25.0 Å². The van der Waals surface area contributed by atoms with E-state index in [9.17, 15) is 13.6 Å². The number of aryl methyl sites for hydroxylation is 1. The lowest BCUT2D eigenvalue weighted by atomic mass is 10.1. The molecule has 0 aliphatic heterocycles. The summed E-state index contributed by atoms with van der Waals surface area (Å²) in [5.74, 6) is -1.32. The summed E-state index contributed by atoms with van der Waals surface area (Å²) in [7, 11) is 1.71. The minimum atomic E-state index is -0.653. The molecule has 0 fully saturated rings. The number of carbonyl (C=O) groups excluding carboxylic acids is 1. The summed E-state index contributed by atoms with van der Waals surface area (Å²) in [6.07, 6.45) is 3.60. The first-order chi connectivity index (χ1) is 15.9. The van der Waals surface area contributed by atoms with Gasteiger partial charge in [0.1, 0.15) is 34.5 Å². The van der Waals surface area contributed by atoms with E-state index in [4.69, 9.17) is 5.53 Å².